The molecule has 3 nitrogen and oxygen atoms in total. The lowest BCUT2D eigenvalue weighted by atomic mass is 10.3. The van der Waals surface area contributed by atoms with E-state index in [9.17, 15) is 9.18 Å². The summed E-state index contributed by atoms with van der Waals surface area (Å²) in [5.74, 6) is -0.282. The topological polar surface area (TPSA) is 34.9 Å². The molecular formula is C11H9FN2O. The zero-order valence-electron chi connectivity index (χ0n) is 7.93. The molecule has 0 amide bonds. The molecule has 0 spiro atoms. The van der Waals surface area contributed by atoms with Crippen molar-refractivity contribution in [1.82, 2.24) is 9.55 Å². The van der Waals surface area contributed by atoms with Gasteiger partial charge in [-0.15, -0.1) is 0 Å². The van der Waals surface area contributed by atoms with Gasteiger partial charge in [0.1, 0.15) is 12.1 Å². The predicted molar refractivity (Wildman–Crippen MR) is 53.3 cm³/mol. The van der Waals surface area contributed by atoms with Gasteiger partial charge in [0.05, 0.1) is 6.33 Å². The molecular weight excluding hydrogens is 195 g/mol. The standard InChI is InChI=1S/C11H9FN2O/c12-9-1-3-10(4-2-9)14-8-13-7-11(14)5-6-15/h1-4,6-8H,5H2. The fourth-order valence-electron chi connectivity index (χ4n) is 1.39. The van der Waals surface area contributed by atoms with Crippen LogP contribution in [0.15, 0.2) is 36.8 Å². The lowest BCUT2D eigenvalue weighted by Crippen LogP contribution is -1.99. The van der Waals surface area contributed by atoms with E-state index in [1.807, 2.05) is 0 Å². The molecule has 0 saturated heterocycles. The van der Waals surface area contributed by atoms with Crippen molar-refractivity contribution in [2.45, 2.75) is 6.42 Å². The van der Waals surface area contributed by atoms with Gasteiger partial charge in [0.25, 0.3) is 0 Å². The third-order valence-corrected chi connectivity index (χ3v) is 2.11. The van der Waals surface area contributed by atoms with Gasteiger partial charge in [0.2, 0.25) is 0 Å². The van der Waals surface area contributed by atoms with Gasteiger partial charge >= 0.3 is 0 Å². The van der Waals surface area contributed by atoms with Crippen LogP contribution in [0, 0.1) is 5.82 Å². The molecule has 1 heterocycles. The van der Waals surface area contributed by atoms with E-state index in [1.165, 1.54) is 12.1 Å². The van der Waals surface area contributed by atoms with Crippen molar-refractivity contribution in [2.24, 2.45) is 0 Å². The average molecular weight is 204 g/mol. The molecule has 76 valence electrons. The van der Waals surface area contributed by atoms with E-state index >= 15 is 0 Å². The molecule has 1 aromatic carbocycles. The first kappa shape index (κ1) is 9.58. The Hall–Kier alpha value is -1.97. The number of benzene rings is 1. The van der Waals surface area contributed by atoms with Crippen molar-refractivity contribution in [3.8, 4) is 5.69 Å². The minimum Gasteiger partial charge on any atom is -0.303 e. The molecule has 0 saturated carbocycles. The van der Waals surface area contributed by atoms with Gasteiger partial charge < -0.3 is 9.36 Å². The van der Waals surface area contributed by atoms with Crippen molar-refractivity contribution in [3.05, 3.63) is 48.3 Å². The monoisotopic (exact) mass is 204 g/mol. The van der Waals surface area contributed by atoms with E-state index in [4.69, 9.17) is 0 Å². The minimum absolute atomic E-state index is 0.282. The molecule has 0 bridgehead atoms. The maximum absolute atomic E-state index is 12.7. The van der Waals surface area contributed by atoms with Crippen molar-refractivity contribution >= 4 is 6.29 Å². The summed E-state index contributed by atoms with van der Waals surface area (Å²) >= 11 is 0. The van der Waals surface area contributed by atoms with E-state index in [1.54, 1.807) is 29.2 Å². The minimum atomic E-state index is -0.282. The summed E-state index contributed by atoms with van der Waals surface area (Å²) < 4.78 is 14.5. The second-order valence-electron chi connectivity index (χ2n) is 3.10. The van der Waals surface area contributed by atoms with Gasteiger partial charge in [-0.3, -0.25) is 0 Å². The normalized spacial score (nSPS) is 10.2. The molecule has 0 aliphatic carbocycles. The van der Waals surface area contributed by atoms with Crippen LogP contribution in [-0.2, 0) is 11.2 Å². The summed E-state index contributed by atoms with van der Waals surface area (Å²) in [5.41, 5.74) is 1.59. The van der Waals surface area contributed by atoms with Crippen LogP contribution in [0.25, 0.3) is 5.69 Å². The van der Waals surface area contributed by atoms with Crippen molar-refractivity contribution in [3.63, 3.8) is 0 Å². The third kappa shape index (κ3) is 1.93. The quantitative estimate of drug-likeness (QED) is 0.714. The molecule has 0 fully saturated rings. The molecule has 0 aliphatic rings. The number of nitrogens with zero attached hydrogens (tertiary/aromatic N) is 2. The van der Waals surface area contributed by atoms with Gasteiger partial charge in [-0.25, -0.2) is 9.37 Å². The number of aromatic nitrogens is 2. The highest BCUT2D eigenvalue weighted by Gasteiger charge is 2.03. The summed E-state index contributed by atoms with van der Waals surface area (Å²) in [5, 5.41) is 0. The lowest BCUT2D eigenvalue weighted by Gasteiger charge is -2.05. The summed E-state index contributed by atoms with van der Waals surface area (Å²) in [6, 6.07) is 6.04. The number of carbonyl (C=O) groups is 1. The maximum Gasteiger partial charge on any atom is 0.125 e. The molecule has 0 N–H and O–H groups in total. The molecule has 15 heavy (non-hydrogen) atoms. The average Bonchev–Trinajstić information content (AvgIpc) is 2.68. The molecule has 1 aromatic heterocycles. The van der Waals surface area contributed by atoms with E-state index in [-0.39, 0.29) is 5.82 Å². The number of halogens is 1. The third-order valence-electron chi connectivity index (χ3n) is 2.11. The Morgan fingerprint density at radius 3 is 2.73 bits per heavy atom. The Morgan fingerprint density at radius 1 is 1.33 bits per heavy atom. The first-order valence-corrected chi connectivity index (χ1v) is 4.52. The number of carbonyl (C=O) groups excluding carboxylic acids is 1. The van der Waals surface area contributed by atoms with Crippen LogP contribution in [0.2, 0.25) is 0 Å². The fraction of sp³-hybridized carbons (Fsp3) is 0.0909. The number of hydrogen-bond acceptors (Lipinski definition) is 2. The highest BCUT2D eigenvalue weighted by molar-refractivity contribution is 5.54. The van der Waals surface area contributed by atoms with Crippen LogP contribution in [0.1, 0.15) is 5.69 Å². The Kier molecular flexibility index (Phi) is 2.58. The number of hydrogen-bond donors (Lipinski definition) is 0. The molecule has 0 unspecified atom stereocenters. The van der Waals surface area contributed by atoms with E-state index in [2.05, 4.69) is 4.98 Å². The Bertz CT molecular complexity index is 462. The smallest absolute Gasteiger partial charge is 0.125 e. The van der Waals surface area contributed by atoms with Crippen LogP contribution >= 0.6 is 0 Å². The molecule has 4 heteroatoms. The van der Waals surface area contributed by atoms with Gasteiger partial charge in [-0.2, -0.15) is 0 Å². The number of aldehydes is 1. The first-order valence-electron chi connectivity index (χ1n) is 4.52. The van der Waals surface area contributed by atoms with Crippen LogP contribution in [0.5, 0.6) is 0 Å². The van der Waals surface area contributed by atoms with Gasteiger partial charge in [-0.1, -0.05) is 0 Å². The summed E-state index contributed by atoms with van der Waals surface area (Å²) in [7, 11) is 0. The second kappa shape index (κ2) is 4.04. The van der Waals surface area contributed by atoms with Crippen molar-refractivity contribution in [1.29, 1.82) is 0 Å². The van der Waals surface area contributed by atoms with Crippen LogP contribution in [-0.4, -0.2) is 15.8 Å². The molecule has 0 atom stereocenters. The zero-order valence-corrected chi connectivity index (χ0v) is 7.93. The van der Waals surface area contributed by atoms with E-state index < -0.39 is 0 Å². The molecule has 0 radical (unpaired) electrons. The summed E-state index contributed by atoms with van der Waals surface area (Å²) in [6.45, 7) is 0. The summed E-state index contributed by atoms with van der Waals surface area (Å²) in [4.78, 5) is 14.4. The molecule has 2 aromatic rings. The predicted octanol–water partition coefficient (Wildman–Crippen LogP) is 1.75. The highest BCUT2D eigenvalue weighted by atomic mass is 19.1. The van der Waals surface area contributed by atoms with Crippen LogP contribution in [0.3, 0.4) is 0 Å². The van der Waals surface area contributed by atoms with Gasteiger partial charge in [0, 0.05) is 24.0 Å². The largest absolute Gasteiger partial charge is 0.303 e. The van der Waals surface area contributed by atoms with Crippen LogP contribution in [0.4, 0.5) is 4.39 Å². The fourth-order valence-corrected chi connectivity index (χ4v) is 1.39. The van der Waals surface area contributed by atoms with Crippen molar-refractivity contribution < 1.29 is 9.18 Å². The second-order valence-corrected chi connectivity index (χ2v) is 3.10. The van der Waals surface area contributed by atoms with Crippen LogP contribution < -0.4 is 0 Å². The maximum atomic E-state index is 12.7. The molecule has 0 aliphatic heterocycles. The Labute approximate surface area is 86.2 Å². The lowest BCUT2D eigenvalue weighted by molar-refractivity contribution is -0.107. The zero-order chi connectivity index (χ0) is 10.7. The molecule has 2 rings (SSSR count). The highest BCUT2D eigenvalue weighted by Crippen LogP contribution is 2.11. The van der Waals surface area contributed by atoms with Crippen molar-refractivity contribution in [2.75, 3.05) is 0 Å². The van der Waals surface area contributed by atoms with E-state index in [0.717, 1.165) is 17.7 Å². The first-order chi connectivity index (χ1) is 7.31. The van der Waals surface area contributed by atoms with Gasteiger partial charge in [0.15, 0.2) is 0 Å². The summed E-state index contributed by atoms with van der Waals surface area (Å²) in [6.07, 6.45) is 4.35. The Balaban J connectivity index is 2.40. The SMILES string of the molecule is O=CCc1cncn1-c1ccc(F)cc1. The number of imidazole rings is 1. The number of rotatable bonds is 3. The van der Waals surface area contributed by atoms with E-state index in [0.29, 0.717) is 6.42 Å². The van der Waals surface area contributed by atoms with Gasteiger partial charge in [-0.05, 0) is 24.3 Å². The Morgan fingerprint density at radius 2 is 2.07 bits per heavy atom.